The summed E-state index contributed by atoms with van der Waals surface area (Å²) in [5.74, 6) is -0.864. The zero-order valence-electron chi connectivity index (χ0n) is 8.63. The molecule has 0 spiro atoms. The van der Waals surface area contributed by atoms with Gasteiger partial charge in [-0.3, -0.25) is 0 Å². The third-order valence-corrected chi connectivity index (χ3v) is 2.28. The van der Waals surface area contributed by atoms with E-state index in [0.29, 0.717) is 3.57 Å². The summed E-state index contributed by atoms with van der Waals surface area (Å²) in [6, 6.07) is 4.78. The fraction of sp³-hybridized carbons (Fsp3) is 0. The third-order valence-electron chi connectivity index (χ3n) is 1.27. The number of hydrogen-bond acceptors (Lipinski definition) is 5. The molecule has 10 heteroatoms. The van der Waals surface area contributed by atoms with Crippen molar-refractivity contribution in [3.63, 3.8) is 0 Å². The maximum atomic E-state index is 10.6. The Kier molecular flexibility index (Phi) is 11.4. The average molecular weight is 366 g/mol. The van der Waals surface area contributed by atoms with Crippen molar-refractivity contribution < 1.29 is 48.1 Å². The van der Waals surface area contributed by atoms with Crippen molar-refractivity contribution in [3.8, 4) is 5.75 Å². The van der Waals surface area contributed by atoms with E-state index in [9.17, 15) is 4.79 Å². The van der Waals surface area contributed by atoms with Gasteiger partial charge >= 0.3 is 32.2 Å². The Balaban J connectivity index is 0. The predicted molar refractivity (Wildman–Crippen MR) is 62.8 cm³/mol. The summed E-state index contributed by atoms with van der Waals surface area (Å²) >= 11 is 7.06. The standard InChI is InChI=1S/C7H4ClIO3.BH2O3.Li/c8-12-6-4(7(10)11)2-1-3-5(6)9;2-1(3)4;/h1-3H,(H,10,11);2-3H;/q;-1;+1. The Morgan fingerprint density at radius 3 is 2.24 bits per heavy atom. The van der Waals surface area contributed by atoms with Gasteiger partial charge in [0.2, 0.25) is 0 Å². The average Bonchev–Trinajstić information content (AvgIpc) is 2.16. The van der Waals surface area contributed by atoms with Gasteiger partial charge < -0.3 is 24.5 Å². The van der Waals surface area contributed by atoms with E-state index in [1.807, 2.05) is 22.6 Å². The number of halogens is 2. The zero-order valence-corrected chi connectivity index (χ0v) is 11.5. The van der Waals surface area contributed by atoms with Crippen molar-refractivity contribution in [2.45, 2.75) is 0 Å². The van der Waals surface area contributed by atoms with E-state index in [0.717, 1.165) is 0 Å². The number of carbonyl (C=O) groups is 1. The van der Waals surface area contributed by atoms with Crippen LogP contribution in [0.2, 0.25) is 0 Å². The third kappa shape index (κ3) is 7.88. The predicted octanol–water partition coefficient (Wildman–Crippen LogP) is -3.16. The van der Waals surface area contributed by atoms with Crippen molar-refractivity contribution in [2.24, 2.45) is 0 Å². The molecule has 17 heavy (non-hydrogen) atoms. The summed E-state index contributed by atoms with van der Waals surface area (Å²) < 4.78 is 5.09. The minimum atomic E-state index is -2.42. The molecule has 0 atom stereocenters. The number of benzene rings is 1. The monoisotopic (exact) mass is 366 g/mol. The largest absolute Gasteiger partial charge is 1.00 e. The van der Waals surface area contributed by atoms with Crippen molar-refractivity contribution in [2.75, 3.05) is 0 Å². The molecule has 0 amide bonds. The van der Waals surface area contributed by atoms with Crippen LogP contribution < -0.4 is 28.2 Å². The zero-order chi connectivity index (χ0) is 12.7. The summed E-state index contributed by atoms with van der Waals surface area (Å²) in [6.07, 6.45) is 0. The minimum absolute atomic E-state index is 0. The molecule has 0 heterocycles. The number of carboxylic acid groups (broad SMARTS) is 1. The molecule has 0 aromatic heterocycles. The van der Waals surface area contributed by atoms with Gasteiger partial charge in [0, 0.05) is 0 Å². The van der Waals surface area contributed by atoms with Crippen LogP contribution in [-0.2, 0) is 0 Å². The van der Waals surface area contributed by atoms with Gasteiger partial charge in [-0.15, -0.1) is 0 Å². The summed E-state index contributed by atoms with van der Waals surface area (Å²) in [5, 5.41) is 31.4. The van der Waals surface area contributed by atoms with Crippen molar-refractivity contribution in [1.82, 2.24) is 0 Å². The van der Waals surface area contributed by atoms with Crippen LogP contribution in [0, 0.1) is 3.57 Å². The second kappa shape index (κ2) is 10.0. The van der Waals surface area contributed by atoms with Gasteiger partial charge in [-0.1, -0.05) is 6.07 Å². The van der Waals surface area contributed by atoms with Crippen molar-refractivity contribution >= 4 is 47.7 Å². The Morgan fingerprint density at radius 2 is 1.94 bits per heavy atom. The van der Waals surface area contributed by atoms with E-state index in [1.165, 1.54) is 6.07 Å². The molecule has 0 radical (unpaired) electrons. The van der Waals surface area contributed by atoms with Gasteiger partial charge in [0.05, 0.1) is 3.57 Å². The maximum absolute atomic E-state index is 10.6. The SMILES string of the molecule is O=C(O)c1cccc(I)c1OCl.[Li+].[O-]B(O)O. The summed E-state index contributed by atoms with van der Waals surface area (Å²) in [4.78, 5) is 10.6. The quantitative estimate of drug-likeness (QED) is 0.377. The van der Waals surface area contributed by atoms with Crippen LogP contribution in [0.25, 0.3) is 0 Å². The number of para-hydroxylation sites is 1. The first-order chi connectivity index (χ1) is 7.40. The Hall–Kier alpha value is 0.0523. The summed E-state index contributed by atoms with van der Waals surface area (Å²) in [5.41, 5.74) is 0.0666. The van der Waals surface area contributed by atoms with Crippen LogP contribution in [0.4, 0.5) is 0 Å². The molecule has 0 aliphatic heterocycles. The second-order valence-corrected chi connectivity index (χ2v) is 3.64. The number of carboxylic acids is 1. The molecular formula is C7H6BClILiO6. The second-order valence-electron chi connectivity index (χ2n) is 2.33. The number of rotatable bonds is 2. The smallest absolute Gasteiger partial charge is 0.832 e. The first kappa shape index (κ1) is 19.4. The number of hydrogen-bond donors (Lipinski definition) is 3. The van der Waals surface area contributed by atoms with Gasteiger partial charge in [0.1, 0.15) is 17.4 Å². The van der Waals surface area contributed by atoms with E-state index >= 15 is 0 Å². The molecular weight excluding hydrogens is 360 g/mol. The molecule has 0 saturated heterocycles. The van der Waals surface area contributed by atoms with E-state index in [-0.39, 0.29) is 30.2 Å². The van der Waals surface area contributed by atoms with Crippen LogP contribution >= 0.6 is 34.5 Å². The van der Waals surface area contributed by atoms with Gasteiger partial charge in [-0.2, -0.15) is 0 Å². The van der Waals surface area contributed by atoms with Crippen molar-refractivity contribution in [3.05, 3.63) is 27.3 Å². The molecule has 1 aromatic carbocycles. The van der Waals surface area contributed by atoms with E-state index in [2.05, 4.69) is 4.29 Å². The van der Waals surface area contributed by atoms with Crippen LogP contribution in [-0.4, -0.2) is 28.4 Å². The molecule has 0 unspecified atom stereocenters. The van der Waals surface area contributed by atoms with Gasteiger partial charge in [-0.25, -0.2) is 4.79 Å². The van der Waals surface area contributed by atoms with Crippen molar-refractivity contribution in [1.29, 1.82) is 0 Å². The van der Waals surface area contributed by atoms with Crippen LogP contribution in [0.3, 0.4) is 0 Å². The Labute approximate surface area is 128 Å². The van der Waals surface area contributed by atoms with Gasteiger partial charge in [-0.05, 0) is 34.7 Å². The van der Waals surface area contributed by atoms with Gasteiger partial charge in [0.25, 0.3) is 0 Å². The fourth-order valence-corrected chi connectivity index (χ4v) is 1.66. The molecule has 88 valence electrons. The number of aromatic carboxylic acids is 1. The fourth-order valence-electron chi connectivity index (χ4n) is 0.756. The van der Waals surface area contributed by atoms with Crippen LogP contribution in [0.1, 0.15) is 10.4 Å². The summed E-state index contributed by atoms with van der Waals surface area (Å²) in [6.45, 7) is 0. The molecule has 0 bridgehead atoms. The molecule has 0 fully saturated rings. The first-order valence-electron chi connectivity index (χ1n) is 3.72. The van der Waals surface area contributed by atoms with Crippen LogP contribution in [0.5, 0.6) is 5.75 Å². The topological polar surface area (TPSA) is 110 Å². The van der Waals surface area contributed by atoms with Gasteiger partial charge in [0.15, 0.2) is 5.75 Å². The Morgan fingerprint density at radius 1 is 1.47 bits per heavy atom. The molecule has 0 aliphatic carbocycles. The summed E-state index contributed by atoms with van der Waals surface area (Å²) in [7, 11) is -2.42. The molecule has 0 saturated carbocycles. The minimum Gasteiger partial charge on any atom is -0.832 e. The first-order valence-corrected chi connectivity index (χ1v) is 5.11. The van der Waals surface area contributed by atoms with E-state index in [4.69, 9.17) is 32.0 Å². The van der Waals surface area contributed by atoms with E-state index in [1.54, 1.807) is 12.1 Å². The molecule has 6 nitrogen and oxygen atoms in total. The maximum Gasteiger partial charge on any atom is 1.00 e. The Bertz CT molecular complexity index is 363. The molecule has 1 aromatic rings. The normalized spacial score (nSPS) is 8.29. The van der Waals surface area contributed by atoms with Crippen LogP contribution in [0.15, 0.2) is 18.2 Å². The van der Waals surface area contributed by atoms with E-state index < -0.39 is 13.3 Å². The molecule has 1 rings (SSSR count). The molecule has 0 aliphatic rings. The molecule has 3 N–H and O–H groups in total.